The number of methoxy groups -OCH3 is 3. The van der Waals surface area contributed by atoms with Crippen LogP contribution >= 0.6 is 0 Å². The molecule has 0 fully saturated rings. The van der Waals surface area contributed by atoms with Crippen LogP contribution in [-0.2, 0) is 11.2 Å². The van der Waals surface area contributed by atoms with Crippen molar-refractivity contribution in [2.45, 2.75) is 39.0 Å². The molecule has 4 nitrogen and oxygen atoms in total. The second-order valence-electron chi connectivity index (χ2n) is 4.64. The van der Waals surface area contributed by atoms with E-state index in [9.17, 15) is 4.79 Å². The summed E-state index contributed by atoms with van der Waals surface area (Å²) in [5.74, 6) is 2.27. The van der Waals surface area contributed by atoms with E-state index >= 15 is 0 Å². The Balaban J connectivity index is 2.77. The first-order valence-corrected chi connectivity index (χ1v) is 6.97. The summed E-state index contributed by atoms with van der Waals surface area (Å²) in [7, 11) is 4.80. The van der Waals surface area contributed by atoms with Crippen LogP contribution in [0.3, 0.4) is 0 Å². The van der Waals surface area contributed by atoms with Gasteiger partial charge in [-0.3, -0.25) is 4.79 Å². The summed E-state index contributed by atoms with van der Waals surface area (Å²) in [6, 6.07) is 3.83. The molecule has 0 amide bonds. The van der Waals surface area contributed by atoms with E-state index in [1.54, 1.807) is 21.3 Å². The van der Waals surface area contributed by atoms with Crippen LogP contribution in [0, 0.1) is 0 Å². The van der Waals surface area contributed by atoms with E-state index in [1.807, 2.05) is 19.1 Å². The molecule has 1 aromatic carbocycles. The fourth-order valence-electron chi connectivity index (χ4n) is 2.24. The smallest absolute Gasteiger partial charge is 0.203 e. The highest BCUT2D eigenvalue weighted by Gasteiger charge is 2.15. The Hall–Kier alpha value is -1.71. The quantitative estimate of drug-likeness (QED) is 0.695. The SMILES string of the molecule is CCCC(=O)CCCc1ccc(OC)c(OC)c1OC. The van der Waals surface area contributed by atoms with Crippen LogP contribution in [0.25, 0.3) is 0 Å². The summed E-state index contributed by atoms with van der Waals surface area (Å²) in [6.45, 7) is 2.02. The molecule has 0 spiro atoms. The zero-order chi connectivity index (χ0) is 15.0. The highest BCUT2D eigenvalue weighted by molar-refractivity contribution is 5.78. The second kappa shape index (κ2) is 8.46. The molecule has 0 aliphatic carbocycles. The van der Waals surface area contributed by atoms with Crippen LogP contribution in [0.1, 0.15) is 38.2 Å². The van der Waals surface area contributed by atoms with Crippen molar-refractivity contribution >= 4 is 5.78 Å². The number of ether oxygens (including phenoxy) is 3. The summed E-state index contributed by atoms with van der Waals surface area (Å²) >= 11 is 0. The molecule has 1 aromatic rings. The standard InChI is InChI=1S/C16H24O4/c1-5-7-13(17)9-6-8-12-10-11-14(18-2)16(20-4)15(12)19-3/h10-11H,5-9H2,1-4H3. The number of ketones is 1. The van der Waals surface area contributed by atoms with Crippen molar-refractivity contribution in [2.24, 2.45) is 0 Å². The lowest BCUT2D eigenvalue weighted by Gasteiger charge is -2.15. The maximum absolute atomic E-state index is 11.5. The Morgan fingerprint density at radius 3 is 2.25 bits per heavy atom. The highest BCUT2D eigenvalue weighted by Crippen LogP contribution is 2.40. The minimum atomic E-state index is 0.326. The first-order chi connectivity index (χ1) is 9.67. The van der Waals surface area contributed by atoms with E-state index in [-0.39, 0.29) is 0 Å². The predicted octanol–water partition coefficient (Wildman–Crippen LogP) is 3.40. The first-order valence-electron chi connectivity index (χ1n) is 6.97. The number of rotatable bonds is 9. The average molecular weight is 280 g/mol. The summed E-state index contributed by atoms with van der Waals surface area (Å²) in [5, 5.41) is 0. The molecule has 0 aromatic heterocycles. The Kier molecular flexibility index (Phi) is 6.91. The molecule has 0 bridgehead atoms. The van der Waals surface area contributed by atoms with Gasteiger partial charge < -0.3 is 14.2 Å². The monoisotopic (exact) mass is 280 g/mol. The van der Waals surface area contributed by atoms with Crippen molar-refractivity contribution in [3.63, 3.8) is 0 Å². The van der Waals surface area contributed by atoms with Crippen molar-refractivity contribution in [2.75, 3.05) is 21.3 Å². The van der Waals surface area contributed by atoms with E-state index in [0.717, 1.165) is 24.8 Å². The van der Waals surface area contributed by atoms with Gasteiger partial charge in [-0.15, -0.1) is 0 Å². The van der Waals surface area contributed by atoms with E-state index in [4.69, 9.17) is 14.2 Å². The van der Waals surface area contributed by atoms with Gasteiger partial charge in [0.15, 0.2) is 11.5 Å². The first kappa shape index (κ1) is 16.3. The molecule has 0 N–H and O–H groups in total. The van der Waals surface area contributed by atoms with Gasteiger partial charge in [0.2, 0.25) is 5.75 Å². The Morgan fingerprint density at radius 2 is 1.70 bits per heavy atom. The number of aryl methyl sites for hydroxylation is 1. The average Bonchev–Trinajstić information content (AvgIpc) is 2.46. The molecule has 0 aliphatic heterocycles. The summed E-state index contributed by atoms with van der Waals surface area (Å²) in [6.07, 6.45) is 3.82. The summed E-state index contributed by atoms with van der Waals surface area (Å²) < 4.78 is 16.0. The molecule has 4 heteroatoms. The molecule has 0 saturated carbocycles. The van der Waals surface area contributed by atoms with Gasteiger partial charge in [0, 0.05) is 12.8 Å². The lowest BCUT2D eigenvalue weighted by molar-refractivity contribution is -0.119. The number of carbonyl (C=O) groups is 1. The molecular formula is C16H24O4. The van der Waals surface area contributed by atoms with Gasteiger partial charge in [0.1, 0.15) is 5.78 Å². The lowest BCUT2D eigenvalue weighted by Crippen LogP contribution is -2.01. The van der Waals surface area contributed by atoms with Crippen LogP contribution in [0.15, 0.2) is 12.1 Å². The van der Waals surface area contributed by atoms with Gasteiger partial charge in [0.05, 0.1) is 21.3 Å². The van der Waals surface area contributed by atoms with Crippen LogP contribution in [-0.4, -0.2) is 27.1 Å². The number of hydrogen-bond donors (Lipinski definition) is 0. The van der Waals surface area contributed by atoms with Crippen molar-refractivity contribution in [3.8, 4) is 17.2 Å². The van der Waals surface area contributed by atoms with Crippen molar-refractivity contribution < 1.29 is 19.0 Å². The number of benzene rings is 1. The molecule has 0 aliphatic rings. The Bertz CT molecular complexity index is 440. The molecule has 0 saturated heterocycles. The van der Waals surface area contributed by atoms with Gasteiger partial charge in [-0.25, -0.2) is 0 Å². The fourth-order valence-corrected chi connectivity index (χ4v) is 2.24. The molecule has 1 rings (SSSR count). The van der Waals surface area contributed by atoms with Crippen molar-refractivity contribution in [1.29, 1.82) is 0 Å². The van der Waals surface area contributed by atoms with Crippen molar-refractivity contribution in [3.05, 3.63) is 17.7 Å². The number of Topliss-reactive ketones (excluding diaryl/α,β-unsaturated/α-hetero) is 1. The van der Waals surface area contributed by atoms with E-state index in [1.165, 1.54) is 0 Å². The Labute approximate surface area is 121 Å². The molecular weight excluding hydrogens is 256 g/mol. The molecule has 0 heterocycles. The second-order valence-corrected chi connectivity index (χ2v) is 4.64. The topological polar surface area (TPSA) is 44.8 Å². The molecule has 0 radical (unpaired) electrons. The van der Waals surface area contributed by atoms with E-state index in [0.29, 0.717) is 35.9 Å². The number of hydrogen-bond acceptors (Lipinski definition) is 4. The minimum absolute atomic E-state index is 0.326. The third-order valence-corrected chi connectivity index (χ3v) is 3.22. The van der Waals surface area contributed by atoms with Crippen LogP contribution in [0.4, 0.5) is 0 Å². The van der Waals surface area contributed by atoms with Gasteiger partial charge in [-0.05, 0) is 30.9 Å². The Morgan fingerprint density at radius 1 is 1.00 bits per heavy atom. The van der Waals surface area contributed by atoms with Gasteiger partial charge >= 0.3 is 0 Å². The van der Waals surface area contributed by atoms with Gasteiger partial charge in [-0.1, -0.05) is 13.0 Å². The van der Waals surface area contributed by atoms with Crippen LogP contribution < -0.4 is 14.2 Å². The summed E-state index contributed by atoms with van der Waals surface area (Å²) in [5.41, 5.74) is 1.04. The maximum Gasteiger partial charge on any atom is 0.203 e. The highest BCUT2D eigenvalue weighted by atomic mass is 16.5. The predicted molar refractivity (Wildman–Crippen MR) is 79.0 cm³/mol. The fraction of sp³-hybridized carbons (Fsp3) is 0.562. The van der Waals surface area contributed by atoms with Gasteiger partial charge in [-0.2, -0.15) is 0 Å². The molecule has 112 valence electrons. The molecule has 0 atom stereocenters. The summed E-state index contributed by atoms with van der Waals surface area (Å²) in [4.78, 5) is 11.5. The van der Waals surface area contributed by atoms with Crippen LogP contribution in [0.2, 0.25) is 0 Å². The number of carbonyl (C=O) groups excluding carboxylic acids is 1. The maximum atomic E-state index is 11.5. The van der Waals surface area contributed by atoms with E-state index in [2.05, 4.69) is 0 Å². The van der Waals surface area contributed by atoms with E-state index < -0.39 is 0 Å². The largest absolute Gasteiger partial charge is 0.493 e. The minimum Gasteiger partial charge on any atom is -0.493 e. The van der Waals surface area contributed by atoms with Gasteiger partial charge in [0.25, 0.3) is 0 Å². The molecule has 0 unspecified atom stereocenters. The zero-order valence-corrected chi connectivity index (χ0v) is 12.8. The normalized spacial score (nSPS) is 10.2. The third kappa shape index (κ3) is 4.15. The van der Waals surface area contributed by atoms with Crippen molar-refractivity contribution in [1.82, 2.24) is 0 Å². The lowest BCUT2D eigenvalue weighted by atomic mass is 10.0. The third-order valence-electron chi connectivity index (χ3n) is 3.22. The zero-order valence-electron chi connectivity index (χ0n) is 12.8. The molecule has 20 heavy (non-hydrogen) atoms. The van der Waals surface area contributed by atoms with Crippen LogP contribution in [0.5, 0.6) is 17.2 Å².